The Morgan fingerprint density at radius 1 is 1.07 bits per heavy atom. The van der Waals surface area contributed by atoms with Crippen LogP contribution in [0.25, 0.3) is 0 Å². The molecule has 2 heterocycles. The molecule has 1 aromatic rings. The molecule has 2 aliphatic heterocycles. The quantitative estimate of drug-likeness (QED) is 0.548. The van der Waals surface area contributed by atoms with Crippen LogP contribution in [0.2, 0.25) is 0 Å². The fourth-order valence-electron chi connectivity index (χ4n) is 2.37. The van der Waals surface area contributed by atoms with Crippen LogP contribution < -0.4 is 0 Å². The van der Waals surface area contributed by atoms with Crippen LogP contribution in [0.3, 0.4) is 0 Å². The van der Waals surface area contributed by atoms with Crippen LogP contribution in [0.1, 0.15) is 30.9 Å². The number of piperidine rings is 1. The summed E-state index contributed by atoms with van der Waals surface area (Å²) in [7, 11) is 0. The van der Waals surface area contributed by atoms with Gasteiger partial charge in [0.25, 0.3) is 6.41 Å². The first-order valence-electron chi connectivity index (χ1n) is 5.58. The van der Waals surface area contributed by atoms with Crippen LogP contribution in [0.4, 0.5) is 0 Å². The van der Waals surface area contributed by atoms with Crippen LogP contribution in [0.5, 0.6) is 0 Å². The van der Waals surface area contributed by atoms with Crippen molar-refractivity contribution in [2.75, 3.05) is 6.54 Å². The smallest absolute Gasteiger partial charge is 0.244 e. The van der Waals surface area contributed by atoms with Gasteiger partial charge in [-0.3, -0.25) is 0 Å². The first-order valence-corrected chi connectivity index (χ1v) is 5.58. The molecule has 80 valence electrons. The lowest BCUT2D eigenvalue weighted by Gasteiger charge is -2.33. The van der Waals surface area contributed by atoms with E-state index in [1.54, 1.807) is 0 Å². The molecule has 0 aromatic heterocycles. The van der Waals surface area contributed by atoms with Crippen molar-refractivity contribution in [3.8, 4) is 0 Å². The Morgan fingerprint density at radius 2 is 1.87 bits per heavy atom. The highest BCUT2D eigenvalue weighted by molar-refractivity contribution is 5.19. The largest absolute Gasteiger partial charge is 0.280 e. The van der Waals surface area contributed by atoms with E-state index in [0.717, 1.165) is 6.54 Å². The van der Waals surface area contributed by atoms with Crippen molar-refractivity contribution in [3.05, 3.63) is 35.9 Å². The van der Waals surface area contributed by atoms with Crippen molar-refractivity contribution in [3.63, 3.8) is 0 Å². The molecule has 0 N–H and O–H groups in total. The summed E-state index contributed by atoms with van der Waals surface area (Å²) in [5, 5.41) is 0. The standard InChI is InChI=1S/C12H15NO2/c1-2-6-10(7-3-1)11-8-4-5-9-13(11)12-14-15-12/h1-3,6-7,11-12H,4-5,8-9H2/t11-/m1/s1. The third-order valence-corrected chi connectivity index (χ3v) is 3.18. The van der Waals surface area contributed by atoms with Crippen molar-refractivity contribution >= 4 is 0 Å². The van der Waals surface area contributed by atoms with E-state index in [2.05, 4.69) is 35.2 Å². The fraction of sp³-hybridized carbons (Fsp3) is 0.500. The summed E-state index contributed by atoms with van der Waals surface area (Å²) >= 11 is 0. The summed E-state index contributed by atoms with van der Waals surface area (Å²) < 4.78 is 0. The predicted octanol–water partition coefficient (Wildman–Crippen LogP) is 2.46. The van der Waals surface area contributed by atoms with Gasteiger partial charge in [-0.05, 0) is 18.4 Å². The highest BCUT2D eigenvalue weighted by atomic mass is 17.4. The molecule has 3 rings (SSSR count). The lowest BCUT2D eigenvalue weighted by atomic mass is 9.96. The zero-order chi connectivity index (χ0) is 10.1. The summed E-state index contributed by atoms with van der Waals surface area (Å²) in [5.41, 5.74) is 1.37. The molecule has 0 saturated carbocycles. The molecule has 0 aliphatic carbocycles. The molecule has 1 atom stereocenters. The summed E-state index contributed by atoms with van der Waals surface area (Å²) in [6, 6.07) is 11.1. The van der Waals surface area contributed by atoms with E-state index in [-0.39, 0.29) is 6.41 Å². The molecule has 2 aliphatic rings. The van der Waals surface area contributed by atoms with E-state index >= 15 is 0 Å². The number of rotatable bonds is 2. The highest BCUT2D eigenvalue weighted by Crippen LogP contribution is 2.36. The lowest BCUT2D eigenvalue weighted by molar-refractivity contribution is 0.0850. The predicted molar refractivity (Wildman–Crippen MR) is 55.7 cm³/mol. The Labute approximate surface area is 89.5 Å². The SMILES string of the molecule is c1ccc([C@H]2CCCCN2C2OO2)cc1. The van der Waals surface area contributed by atoms with E-state index in [4.69, 9.17) is 9.78 Å². The van der Waals surface area contributed by atoms with E-state index in [1.165, 1.54) is 24.8 Å². The van der Waals surface area contributed by atoms with Gasteiger partial charge in [-0.1, -0.05) is 36.8 Å². The Kier molecular flexibility index (Phi) is 2.44. The van der Waals surface area contributed by atoms with Crippen molar-refractivity contribution in [1.82, 2.24) is 4.90 Å². The maximum atomic E-state index is 4.93. The summed E-state index contributed by atoms with van der Waals surface area (Å²) in [4.78, 5) is 12.2. The third-order valence-electron chi connectivity index (χ3n) is 3.18. The van der Waals surface area contributed by atoms with Crippen LogP contribution >= 0.6 is 0 Å². The van der Waals surface area contributed by atoms with Gasteiger partial charge in [-0.2, -0.15) is 9.78 Å². The van der Waals surface area contributed by atoms with Gasteiger partial charge in [-0.15, -0.1) is 0 Å². The Hall–Kier alpha value is -0.900. The van der Waals surface area contributed by atoms with Gasteiger partial charge in [0.1, 0.15) is 0 Å². The van der Waals surface area contributed by atoms with E-state index in [9.17, 15) is 0 Å². The first-order chi connectivity index (χ1) is 7.45. The number of hydrogen-bond donors (Lipinski definition) is 0. The van der Waals surface area contributed by atoms with Gasteiger partial charge in [0.2, 0.25) is 0 Å². The van der Waals surface area contributed by atoms with Gasteiger partial charge in [0.05, 0.1) is 0 Å². The molecule has 1 aromatic carbocycles. The van der Waals surface area contributed by atoms with Crippen LogP contribution in [0, 0.1) is 0 Å². The molecule has 0 radical (unpaired) electrons. The average Bonchev–Trinajstić information content (AvgIpc) is 3.14. The highest BCUT2D eigenvalue weighted by Gasteiger charge is 2.39. The van der Waals surface area contributed by atoms with E-state index < -0.39 is 0 Å². The zero-order valence-corrected chi connectivity index (χ0v) is 8.63. The van der Waals surface area contributed by atoms with E-state index in [1.807, 2.05) is 0 Å². The minimum atomic E-state index is -0.0875. The third kappa shape index (κ3) is 1.91. The van der Waals surface area contributed by atoms with Gasteiger partial charge in [-0.25, -0.2) is 4.90 Å². The number of nitrogens with zero attached hydrogens (tertiary/aromatic N) is 1. The Bertz CT molecular complexity index is 324. The van der Waals surface area contributed by atoms with Gasteiger partial charge in [0.15, 0.2) is 0 Å². The summed E-state index contributed by atoms with van der Waals surface area (Å²) in [5.74, 6) is 0. The first kappa shape index (κ1) is 9.33. The molecular weight excluding hydrogens is 190 g/mol. The molecule has 2 fully saturated rings. The number of likely N-dealkylation sites (tertiary alicyclic amines) is 1. The fourth-order valence-corrected chi connectivity index (χ4v) is 2.37. The minimum Gasteiger partial charge on any atom is -0.244 e. The van der Waals surface area contributed by atoms with Crippen molar-refractivity contribution in [2.24, 2.45) is 0 Å². The maximum Gasteiger partial charge on any atom is 0.280 e. The zero-order valence-electron chi connectivity index (χ0n) is 8.63. The summed E-state index contributed by atoms with van der Waals surface area (Å²) in [6.45, 7) is 1.07. The second-order valence-corrected chi connectivity index (χ2v) is 4.16. The van der Waals surface area contributed by atoms with Gasteiger partial charge in [0, 0.05) is 12.6 Å². The number of benzene rings is 1. The minimum absolute atomic E-state index is 0.0875. The molecule has 0 spiro atoms. The second kappa shape index (κ2) is 3.93. The molecule has 2 saturated heterocycles. The Morgan fingerprint density at radius 3 is 2.60 bits per heavy atom. The van der Waals surface area contributed by atoms with Crippen LogP contribution in [0.15, 0.2) is 30.3 Å². The molecular formula is C12H15NO2. The van der Waals surface area contributed by atoms with E-state index in [0.29, 0.717) is 6.04 Å². The Balaban J connectivity index is 1.82. The van der Waals surface area contributed by atoms with Gasteiger partial charge >= 0.3 is 0 Å². The maximum absolute atomic E-state index is 4.93. The van der Waals surface area contributed by atoms with Crippen LogP contribution in [-0.4, -0.2) is 17.9 Å². The van der Waals surface area contributed by atoms with Crippen LogP contribution in [-0.2, 0) is 9.78 Å². The molecule has 15 heavy (non-hydrogen) atoms. The lowest BCUT2D eigenvalue weighted by Crippen LogP contribution is -2.35. The second-order valence-electron chi connectivity index (χ2n) is 4.16. The monoisotopic (exact) mass is 205 g/mol. The topological polar surface area (TPSA) is 28.3 Å². The van der Waals surface area contributed by atoms with Crippen molar-refractivity contribution in [2.45, 2.75) is 31.7 Å². The molecule has 3 nitrogen and oxygen atoms in total. The summed E-state index contributed by atoms with van der Waals surface area (Å²) in [6.07, 6.45) is 3.65. The molecule has 3 heteroatoms. The molecule has 0 bridgehead atoms. The average molecular weight is 205 g/mol. The molecule has 0 unspecified atom stereocenters. The van der Waals surface area contributed by atoms with Crippen molar-refractivity contribution in [1.29, 1.82) is 0 Å². The number of hydrogen-bond acceptors (Lipinski definition) is 3. The molecule has 0 amide bonds. The van der Waals surface area contributed by atoms with Crippen molar-refractivity contribution < 1.29 is 9.78 Å². The normalized spacial score (nSPS) is 27.9. The van der Waals surface area contributed by atoms with Gasteiger partial charge < -0.3 is 0 Å².